The van der Waals surface area contributed by atoms with Crippen LogP contribution in [-0.4, -0.2) is 47.2 Å². The third-order valence-electron chi connectivity index (χ3n) is 3.51. The van der Waals surface area contributed by atoms with E-state index in [2.05, 4.69) is 5.32 Å². The van der Waals surface area contributed by atoms with Crippen molar-refractivity contribution in [3.63, 3.8) is 0 Å². The molecule has 0 bridgehead atoms. The van der Waals surface area contributed by atoms with Gasteiger partial charge in [0.05, 0.1) is 12.0 Å². The Kier molecular flexibility index (Phi) is 7.36. The highest BCUT2D eigenvalue weighted by Gasteiger charge is 2.10. The number of rotatable bonds is 9. The van der Waals surface area contributed by atoms with Gasteiger partial charge in [-0.05, 0) is 48.5 Å². The van der Waals surface area contributed by atoms with E-state index in [9.17, 15) is 18.0 Å². The third kappa shape index (κ3) is 6.56. The summed E-state index contributed by atoms with van der Waals surface area (Å²) in [6.45, 7) is -0.255. The molecule has 0 heterocycles. The monoisotopic (exact) mass is 408 g/mol. The van der Waals surface area contributed by atoms with Gasteiger partial charge in [-0.3, -0.25) is 9.59 Å². The number of benzene rings is 2. The van der Waals surface area contributed by atoms with Crippen LogP contribution < -0.4 is 19.9 Å². The van der Waals surface area contributed by atoms with Crippen molar-refractivity contribution >= 4 is 21.9 Å². The van der Waals surface area contributed by atoms with Crippen molar-refractivity contribution in [1.29, 1.82) is 0 Å². The van der Waals surface area contributed by atoms with E-state index >= 15 is 0 Å². The smallest absolute Gasteiger partial charge is 0.325 e. The highest BCUT2D eigenvalue weighted by molar-refractivity contribution is 7.89. The number of sulfonamides is 1. The maximum absolute atomic E-state index is 11.9. The molecule has 0 fully saturated rings. The summed E-state index contributed by atoms with van der Waals surface area (Å²) in [5.41, 5.74) is 0.389. The summed E-state index contributed by atoms with van der Waals surface area (Å²) >= 11 is 0. The number of carbonyl (C=O) groups excluding carboxylic acids is 2. The lowest BCUT2D eigenvalue weighted by Gasteiger charge is -2.09. The molecule has 2 rings (SSSR count). The minimum Gasteiger partial charge on any atom is -0.497 e. The standard InChI is InChI=1S/C18H20N2O7S/c1-25-14-4-2-13(3-5-14)18(22)20-12-17(21)27-11-10-26-15-6-8-16(9-7-15)28(19,23)24/h2-9H,10-12H2,1H3,(H,20,22)(H2,19,23,24). The number of nitrogens with two attached hydrogens (primary N) is 1. The Labute approximate surface area is 162 Å². The summed E-state index contributed by atoms with van der Waals surface area (Å²) in [6.07, 6.45) is 0. The fraction of sp³-hybridized carbons (Fsp3) is 0.222. The van der Waals surface area contributed by atoms with Gasteiger partial charge in [0.25, 0.3) is 5.91 Å². The number of amides is 1. The van der Waals surface area contributed by atoms with Crippen molar-refractivity contribution in [2.45, 2.75) is 4.90 Å². The van der Waals surface area contributed by atoms with Gasteiger partial charge in [-0.25, -0.2) is 13.6 Å². The van der Waals surface area contributed by atoms with Gasteiger partial charge in [0.1, 0.15) is 31.3 Å². The molecule has 0 spiro atoms. The molecule has 0 saturated heterocycles. The van der Waals surface area contributed by atoms with Gasteiger partial charge in [-0.2, -0.15) is 0 Å². The van der Waals surface area contributed by atoms with Crippen LogP contribution in [0, 0.1) is 0 Å². The highest BCUT2D eigenvalue weighted by Crippen LogP contribution is 2.14. The molecule has 0 aromatic heterocycles. The summed E-state index contributed by atoms with van der Waals surface area (Å²) < 4.78 is 37.6. The van der Waals surface area contributed by atoms with Crippen LogP contribution in [-0.2, 0) is 19.6 Å². The van der Waals surface area contributed by atoms with Gasteiger partial charge in [0.15, 0.2) is 0 Å². The molecule has 150 valence electrons. The molecule has 0 aliphatic carbocycles. The number of hydrogen-bond acceptors (Lipinski definition) is 7. The summed E-state index contributed by atoms with van der Waals surface area (Å²) in [5, 5.41) is 7.45. The molecule has 28 heavy (non-hydrogen) atoms. The van der Waals surface area contributed by atoms with Gasteiger partial charge < -0.3 is 19.5 Å². The van der Waals surface area contributed by atoms with E-state index in [1.54, 1.807) is 24.3 Å². The van der Waals surface area contributed by atoms with Crippen molar-refractivity contribution in [2.24, 2.45) is 5.14 Å². The van der Waals surface area contributed by atoms with E-state index in [4.69, 9.17) is 19.3 Å². The topological polar surface area (TPSA) is 134 Å². The van der Waals surface area contributed by atoms with Crippen molar-refractivity contribution in [1.82, 2.24) is 5.32 Å². The molecular weight excluding hydrogens is 388 g/mol. The van der Waals surface area contributed by atoms with E-state index in [0.717, 1.165) is 0 Å². The predicted octanol–water partition coefficient (Wildman–Crippen LogP) is 0.695. The highest BCUT2D eigenvalue weighted by atomic mass is 32.2. The predicted molar refractivity (Wildman–Crippen MR) is 99.6 cm³/mol. The van der Waals surface area contributed by atoms with Crippen LogP contribution in [0.4, 0.5) is 0 Å². The zero-order valence-corrected chi connectivity index (χ0v) is 15.9. The quantitative estimate of drug-likeness (QED) is 0.461. The Balaban J connectivity index is 1.67. The van der Waals surface area contributed by atoms with Crippen molar-refractivity contribution < 1.29 is 32.2 Å². The summed E-state index contributed by atoms with van der Waals surface area (Å²) in [7, 11) is -2.24. The van der Waals surface area contributed by atoms with Crippen molar-refractivity contribution in [3.8, 4) is 11.5 Å². The zero-order chi connectivity index (χ0) is 20.6. The van der Waals surface area contributed by atoms with E-state index in [0.29, 0.717) is 17.1 Å². The number of carbonyl (C=O) groups is 2. The second kappa shape index (κ2) is 9.72. The lowest BCUT2D eigenvalue weighted by atomic mass is 10.2. The van der Waals surface area contributed by atoms with Crippen LogP contribution in [0.1, 0.15) is 10.4 Å². The summed E-state index contributed by atoms with van der Waals surface area (Å²) in [5.74, 6) is -0.00709. The maximum atomic E-state index is 11.9. The maximum Gasteiger partial charge on any atom is 0.325 e. The van der Waals surface area contributed by atoms with E-state index in [1.807, 2.05) is 0 Å². The Bertz CT molecular complexity index is 910. The first-order chi connectivity index (χ1) is 13.3. The molecule has 10 heteroatoms. The van der Waals surface area contributed by atoms with Crippen molar-refractivity contribution in [2.75, 3.05) is 26.9 Å². The first-order valence-corrected chi connectivity index (χ1v) is 9.68. The number of primary sulfonamides is 1. The largest absolute Gasteiger partial charge is 0.497 e. The Morgan fingerprint density at radius 3 is 2.14 bits per heavy atom. The van der Waals surface area contributed by atoms with Crippen molar-refractivity contribution in [3.05, 3.63) is 54.1 Å². The van der Waals surface area contributed by atoms with E-state index in [1.165, 1.54) is 31.4 Å². The lowest BCUT2D eigenvalue weighted by Crippen LogP contribution is -2.31. The third-order valence-corrected chi connectivity index (χ3v) is 4.44. The molecule has 3 N–H and O–H groups in total. The van der Waals surface area contributed by atoms with Crippen LogP contribution in [0.5, 0.6) is 11.5 Å². The van der Waals surface area contributed by atoms with Gasteiger partial charge in [0, 0.05) is 5.56 Å². The minimum absolute atomic E-state index is 0.0288. The zero-order valence-electron chi connectivity index (χ0n) is 15.1. The second-order valence-electron chi connectivity index (χ2n) is 5.50. The second-order valence-corrected chi connectivity index (χ2v) is 7.06. The average Bonchev–Trinajstić information content (AvgIpc) is 2.69. The fourth-order valence-electron chi connectivity index (χ4n) is 2.09. The molecular formula is C18H20N2O7S. The van der Waals surface area contributed by atoms with Gasteiger partial charge in [-0.1, -0.05) is 0 Å². The molecule has 2 aromatic rings. The van der Waals surface area contributed by atoms with E-state index in [-0.39, 0.29) is 24.7 Å². The average molecular weight is 408 g/mol. The lowest BCUT2D eigenvalue weighted by molar-refractivity contribution is -0.143. The molecule has 0 aliphatic rings. The number of ether oxygens (including phenoxy) is 3. The summed E-state index contributed by atoms with van der Waals surface area (Å²) in [6, 6.07) is 11.9. The van der Waals surface area contributed by atoms with Crippen LogP contribution in [0.25, 0.3) is 0 Å². The summed E-state index contributed by atoms with van der Waals surface area (Å²) in [4.78, 5) is 23.5. The Morgan fingerprint density at radius 1 is 0.964 bits per heavy atom. The Morgan fingerprint density at radius 2 is 1.57 bits per heavy atom. The molecule has 1 amide bonds. The van der Waals surface area contributed by atoms with Crippen LogP contribution >= 0.6 is 0 Å². The van der Waals surface area contributed by atoms with Crippen LogP contribution in [0.2, 0.25) is 0 Å². The Hall–Kier alpha value is -3.11. The number of esters is 1. The van der Waals surface area contributed by atoms with Gasteiger partial charge >= 0.3 is 5.97 Å². The molecule has 0 unspecified atom stereocenters. The van der Waals surface area contributed by atoms with Gasteiger partial charge in [0.2, 0.25) is 10.0 Å². The van der Waals surface area contributed by atoms with E-state index < -0.39 is 21.9 Å². The number of hydrogen-bond donors (Lipinski definition) is 2. The molecule has 0 aliphatic heterocycles. The number of nitrogens with one attached hydrogen (secondary N) is 1. The molecule has 0 saturated carbocycles. The molecule has 2 aromatic carbocycles. The first-order valence-electron chi connectivity index (χ1n) is 8.13. The normalized spacial score (nSPS) is 10.8. The van der Waals surface area contributed by atoms with Crippen LogP contribution in [0.3, 0.4) is 0 Å². The molecule has 0 radical (unpaired) electrons. The molecule has 0 atom stereocenters. The fourth-order valence-corrected chi connectivity index (χ4v) is 2.60. The number of methoxy groups -OCH3 is 1. The minimum atomic E-state index is -3.76. The van der Waals surface area contributed by atoms with Gasteiger partial charge in [-0.15, -0.1) is 0 Å². The first kappa shape index (κ1) is 21.2. The molecule has 9 nitrogen and oxygen atoms in total. The SMILES string of the molecule is COc1ccc(C(=O)NCC(=O)OCCOc2ccc(S(N)(=O)=O)cc2)cc1. The van der Waals surface area contributed by atoms with Crippen LogP contribution in [0.15, 0.2) is 53.4 Å².